The molecular weight excluding hydrogens is 152 g/mol. The van der Waals surface area contributed by atoms with Gasteiger partial charge < -0.3 is 15.3 Å². The fourth-order valence-corrected chi connectivity index (χ4v) is 0.335. The van der Waals surface area contributed by atoms with Crippen molar-refractivity contribution >= 4 is 10.1 Å². The van der Waals surface area contributed by atoms with E-state index in [2.05, 4.69) is 4.18 Å². The number of hydrogen-bond acceptors (Lipinski definition) is 6. The van der Waals surface area contributed by atoms with Crippen LogP contribution in [0.15, 0.2) is 0 Å². The van der Waals surface area contributed by atoms with Gasteiger partial charge in [-0.2, -0.15) is 8.42 Å². The monoisotopic (exact) mass is 158 g/mol. The maximum atomic E-state index is 10.0. The fraction of sp³-hybridized carbons (Fsp3) is 1.00. The summed E-state index contributed by atoms with van der Waals surface area (Å²) >= 11 is 0. The first-order valence-corrected chi connectivity index (χ1v) is 3.19. The van der Waals surface area contributed by atoms with Gasteiger partial charge >= 0.3 is 15.4 Å². The third kappa shape index (κ3) is 1.88. The van der Waals surface area contributed by atoms with Crippen LogP contribution in [0.2, 0.25) is 0 Å². The van der Waals surface area contributed by atoms with Crippen molar-refractivity contribution in [3.8, 4) is 0 Å². The van der Waals surface area contributed by atoms with E-state index in [1.807, 2.05) is 0 Å². The molecule has 56 valence electrons. The molecule has 6 nitrogen and oxygen atoms in total. The summed E-state index contributed by atoms with van der Waals surface area (Å²) in [5, 5.41) is 20.0. The van der Waals surface area contributed by atoms with Crippen molar-refractivity contribution in [1.82, 2.24) is 0 Å². The van der Waals surface area contributed by atoms with Gasteiger partial charge in [0.25, 0.3) is 0 Å². The van der Waals surface area contributed by atoms with Gasteiger partial charge in [-0.3, -0.25) is 4.18 Å². The van der Waals surface area contributed by atoms with Crippen LogP contribution >= 0.6 is 0 Å². The first kappa shape index (κ1) is 8.79. The Morgan fingerprint density at radius 3 is 1.67 bits per heavy atom. The summed E-state index contributed by atoms with van der Waals surface area (Å²) in [7, 11) is -3.98. The van der Waals surface area contributed by atoms with Crippen LogP contribution in [-0.2, 0) is 14.3 Å². The standard InChI is InChI=1S/C2H6O6S/c1-8-9(6,7)2(3,4)5/h3-5H,1H3. The lowest BCUT2D eigenvalue weighted by atomic mass is 11.3. The second-order valence-electron chi connectivity index (χ2n) is 1.19. The molecule has 0 radical (unpaired) electrons. The van der Waals surface area contributed by atoms with Crippen LogP contribution in [0.4, 0.5) is 0 Å². The minimum Gasteiger partial charge on any atom is -0.329 e. The number of aliphatic hydroxyl groups is 3. The van der Waals surface area contributed by atoms with E-state index in [4.69, 9.17) is 15.3 Å². The molecule has 0 aromatic heterocycles. The highest BCUT2D eigenvalue weighted by Gasteiger charge is 2.38. The molecule has 0 aliphatic carbocycles. The Bertz CT molecular complexity index is 172. The Morgan fingerprint density at radius 2 is 1.67 bits per heavy atom. The highest BCUT2D eigenvalue weighted by Crippen LogP contribution is 2.05. The molecule has 0 atom stereocenters. The summed E-state index contributed by atoms with van der Waals surface area (Å²) in [6, 6.07) is 0. The Balaban J connectivity index is 4.57. The molecule has 0 aliphatic rings. The van der Waals surface area contributed by atoms with Crippen LogP contribution in [0.1, 0.15) is 0 Å². The molecule has 0 aromatic carbocycles. The largest absolute Gasteiger partial charge is 0.411 e. The second kappa shape index (κ2) is 2.20. The Morgan fingerprint density at radius 1 is 1.33 bits per heavy atom. The molecule has 0 amide bonds. The van der Waals surface area contributed by atoms with E-state index in [0.29, 0.717) is 7.11 Å². The zero-order chi connectivity index (χ0) is 7.71. The van der Waals surface area contributed by atoms with E-state index >= 15 is 0 Å². The van der Waals surface area contributed by atoms with Crippen molar-refractivity contribution in [2.75, 3.05) is 7.11 Å². The molecule has 0 aromatic rings. The Kier molecular flexibility index (Phi) is 2.14. The van der Waals surface area contributed by atoms with E-state index < -0.39 is 15.4 Å². The van der Waals surface area contributed by atoms with Crippen molar-refractivity contribution in [2.24, 2.45) is 0 Å². The molecule has 7 heteroatoms. The molecule has 0 saturated heterocycles. The minimum absolute atomic E-state index is 0.687. The van der Waals surface area contributed by atoms with Crippen LogP contribution in [0.5, 0.6) is 0 Å². The van der Waals surface area contributed by atoms with E-state index in [-0.39, 0.29) is 0 Å². The van der Waals surface area contributed by atoms with E-state index in [1.54, 1.807) is 0 Å². The molecule has 0 rings (SSSR count). The van der Waals surface area contributed by atoms with Crippen molar-refractivity contribution in [2.45, 2.75) is 5.31 Å². The molecule has 0 heterocycles. The lowest BCUT2D eigenvalue weighted by Crippen LogP contribution is -2.38. The first-order valence-electron chi connectivity index (χ1n) is 1.78. The van der Waals surface area contributed by atoms with Gasteiger partial charge in [-0.1, -0.05) is 0 Å². The lowest BCUT2D eigenvalue weighted by Gasteiger charge is -2.10. The molecule has 0 spiro atoms. The van der Waals surface area contributed by atoms with Gasteiger partial charge in [0.15, 0.2) is 0 Å². The van der Waals surface area contributed by atoms with Crippen molar-refractivity contribution in [1.29, 1.82) is 0 Å². The van der Waals surface area contributed by atoms with Gasteiger partial charge in [0.1, 0.15) is 0 Å². The maximum absolute atomic E-state index is 10.0. The Labute approximate surface area is 51.4 Å². The molecule has 0 saturated carbocycles. The minimum atomic E-state index is -4.67. The van der Waals surface area contributed by atoms with Crippen molar-refractivity contribution in [3.63, 3.8) is 0 Å². The molecular formula is C2H6O6S. The van der Waals surface area contributed by atoms with Crippen LogP contribution in [0, 0.1) is 0 Å². The summed E-state index contributed by atoms with van der Waals surface area (Å²) in [5.74, 6) is 0. The van der Waals surface area contributed by atoms with Crippen molar-refractivity contribution in [3.05, 3.63) is 0 Å². The van der Waals surface area contributed by atoms with Crippen LogP contribution in [-0.4, -0.2) is 36.2 Å². The van der Waals surface area contributed by atoms with E-state index in [9.17, 15) is 8.42 Å². The average molecular weight is 158 g/mol. The van der Waals surface area contributed by atoms with Gasteiger partial charge in [0.05, 0.1) is 7.11 Å². The number of hydrogen-bond donors (Lipinski definition) is 3. The highest BCUT2D eigenvalue weighted by atomic mass is 32.2. The molecule has 0 unspecified atom stereocenters. The topological polar surface area (TPSA) is 104 Å². The Hall–Kier alpha value is -0.210. The molecule has 0 aliphatic heterocycles. The van der Waals surface area contributed by atoms with Gasteiger partial charge in [0.2, 0.25) is 0 Å². The van der Waals surface area contributed by atoms with Crippen LogP contribution < -0.4 is 0 Å². The molecule has 9 heavy (non-hydrogen) atoms. The van der Waals surface area contributed by atoms with Crippen molar-refractivity contribution < 1.29 is 27.9 Å². The van der Waals surface area contributed by atoms with Gasteiger partial charge in [-0.15, -0.1) is 0 Å². The van der Waals surface area contributed by atoms with Crippen LogP contribution in [0.3, 0.4) is 0 Å². The predicted octanol–water partition coefficient (Wildman–Crippen LogP) is -2.45. The zero-order valence-electron chi connectivity index (χ0n) is 4.47. The smallest absolute Gasteiger partial charge is 0.329 e. The molecule has 3 N–H and O–H groups in total. The van der Waals surface area contributed by atoms with Gasteiger partial charge in [0, 0.05) is 0 Å². The zero-order valence-corrected chi connectivity index (χ0v) is 5.29. The summed E-state index contributed by atoms with van der Waals surface area (Å²) in [6.45, 7) is 0. The summed E-state index contributed by atoms with van der Waals surface area (Å²) in [4.78, 5) is 0. The average Bonchev–Trinajstić information content (AvgIpc) is 1.64. The third-order valence-electron chi connectivity index (χ3n) is 0.555. The first-order chi connectivity index (χ1) is 3.81. The van der Waals surface area contributed by atoms with Gasteiger partial charge in [-0.05, 0) is 0 Å². The molecule has 0 bridgehead atoms. The summed E-state index contributed by atoms with van der Waals surface area (Å²) in [6.07, 6.45) is 0. The fourth-order valence-electron chi connectivity index (χ4n) is 0.112. The van der Waals surface area contributed by atoms with E-state index in [1.165, 1.54) is 0 Å². The second-order valence-corrected chi connectivity index (χ2v) is 2.98. The predicted molar refractivity (Wildman–Crippen MR) is 25.3 cm³/mol. The maximum Gasteiger partial charge on any atom is 0.411 e. The normalized spacial score (nSPS) is 13.8. The van der Waals surface area contributed by atoms with E-state index in [0.717, 1.165) is 0 Å². The summed E-state index contributed by atoms with van der Waals surface area (Å²) < 4.78 is 23.6. The number of rotatable bonds is 2. The quantitative estimate of drug-likeness (QED) is 0.304. The SMILES string of the molecule is COS(=O)(=O)C(O)(O)O. The third-order valence-corrected chi connectivity index (χ3v) is 1.66. The summed E-state index contributed by atoms with van der Waals surface area (Å²) in [5.41, 5.74) is 0. The molecule has 0 fully saturated rings. The lowest BCUT2D eigenvalue weighted by molar-refractivity contribution is -0.246. The highest BCUT2D eigenvalue weighted by molar-refractivity contribution is 7.87. The van der Waals surface area contributed by atoms with Gasteiger partial charge in [-0.25, -0.2) is 0 Å². The van der Waals surface area contributed by atoms with Crippen LogP contribution in [0.25, 0.3) is 0 Å².